The summed E-state index contributed by atoms with van der Waals surface area (Å²) < 4.78 is 2.78. The van der Waals surface area contributed by atoms with Gasteiger partial charge in [0.1, 0.15) is 8.24 Å². The Morgan fingerprint density at radius 2 is 1.31 bits per heavy atom. The van der Waals surface area contributed by atoms with Crippen molar-refractivity contribution in [2.24, 2.45) is 0 Å². The summed E-state index contributed by atoms with van der Waals surface area (Å²) in [4.78, 5) is 0. The van der Waals surface area contributed by atoms with Gasteiger partial charge in [-0.3, -0.25) is 0 Å². The Morgan fingerprint density at radius 1 is 0.812 bits per heavy atom. The van der Waals surface area contributed by atoms with Gasteiger partial charge in [-0.05, 0) is 25.9 Å². The molecule has 0 unspecified atom stereocenters. The molecule has 0 saturated carbocycles. The minimum absolute atomic E-state index is 0. The van der Waals surface area contributed by atoms with Gasteiger partial charge < -0.3 is 5.99 Å². The third kappa shape index (κ3) is 9.96. The van der Waals surface area contributed by atoms with E-state index in [0.717, 1.165) is 0 Å². The summed E-state index contributed by atoms with van der Waals surface area (Å²) in [5, 5.41) is 0. The Bertz CT molecular complexity index is 151. The number of nitrogens with zero attached hydrogens (tertiary/aromatic N) is 1. The van der Waals surface area contributed by atoms with E-state index in [1.54, 1.807) is 0 Å². The summed E-state index contributed by atoms with van der Waals surface area (Å²) in [5.41, 5.74) is 0. The first-order valence-corrected chi connectivity index (χ1v) is 10.2. The molecule has 0 aliphatic heterocycles. The van der Waals surface area contributed by atoms with E-state index in [-0.39, 0.29) is 20.3 Å². The Labute approximate surface area is 118 Å². The predicted molar refractivity (Wildman–Crippen MR) is 75.1 cm³/mol. The molecule has 0 aromatic heterocycles. The molecule has 94 valence electrons. The van der Waals surface area contributed by atoms with Gasteiger partial charge in [0.15, 0.2) is 0 Å². The fraction of sp³-hybridized carbons (Fsp3) is 1.00. The van der Waals surface area contributed by atoms with Gasteiger partial charge in [-0.15, -0.1) is 0 Å². The molecule has 0 N–H and O–H groups in total. The molecule has 0 rings (SSSR count). The first-order chi connectivity index (χ1) is 7.02. The fourth-order valence-electron chi connectivity index (χ4n) is 1.86. The van der Waals surface area contributed by atoms with Crippen LogP contribution in [-0.2, 0) is 0 Å². The van der Waals surface area contributed by atoms with Crippen LogP contribution in [0.3, 0.4) is 0 Å². The van der Waals surface area contributed by atoms with E-state index in [9.17, 15) is 0 Å². The van der Waals surface area contributed by atoms with Crippen LogP contribution in [0.25, 0.3) is 0 Å². The van der Waals surface area contributed by atoms with Crippen LogP contribution in [0.5, 0.6) is 0 Å². The Hall–Kier alpha value is 0.774. The van der Waals surface area contributed by atoms with E-state index in [1.807, 2.05) is 0 Å². The standard InChI is InChI=1S/C13H31NSi.Li.H/c1-6-8-10-11-13-14(12-9-7-2)15(3,4)5;;/h6-13H2,1-5H3;;/q;+1;-1. The zero-order valence-corrected chi connectivity index (χ0v) is 13.6. The topological polar surface area (TPSA) is 3.24 Å². The third-order valence-corrected chi connectivity index (χ3v) is 5.36. The smallest absolute Gasteiger partial charge is 1.00 e. The van der Waals surface area contributed by atoms with Crippen LogP contribution in [0.1, 0.15) is 53.8 Å². The summed E-state index contributed by atoms with van der Waals surface area (Å²) in [5.74, 6) is 0. The number of rotatable bonds is 9. The largest absolute Gasteiger partial charge is 1.00 e. The summed E-state index contributed by atoms with van der Waals surface area (Å²) >= 11 is 0. The minimum atomic E-state index is -1.05. The van der Waals surface area contributed by atoms with Gasteiger partial charge >= 0.3 is 18.9 Å². The molecule has 3 heteroatoms. The van der Waals surface area contributed by atoms with Crippen LogP contribution < -0.4 is 18.9 Å². The monoisotopic (exact) mass is 237 g/mol. The van der Waals surface area contributed by atoms with Gasteiger partial charge in [0.25, 0.3) is 0 Å². The molecule has 0 spiro atoms. The zero-order chi connectivity index (χ0) is 11.7. The summed E-state index contributed by atoms with van der Waals surface area (Å²) in [6, 6.07) is 0. The van der Waals surface area contributed by atoms with Gasteiger partial charge in [-0.1, -0.05) is 59.2 Å². The molecule has 0 atom stereocenters. The van der Waals surface area contributed by atoms with Crippen LogP contribution in [0.2, 0.25) is 19.6 Å². The molecule has 1 nitrogen and oxygen atoms in total. The number of hydrogen-bond donors (Lipinski definition) is 0. The second-order valence-corrected chi connectivity index (χ2v) is 10.5. The molecule has 16 heavy (non-hydrogen) atoms. The maximum atomic E-state index is 2.78. The van der Waals surface area contributed by atoms with Crippen LogP contribution in [0, 0.1) is 0 Å². The SMILES string of the molecule is CCCCCCN(CCCC)[Si](C)(C)C.[H-].[Li+]. The molecular weight excluding hydrogens is 205 g/mol. The van der Waals surface area contributed by atoms with Crippen molar-refractivity contribution in [1.82, 2.24) is 4.57 Å². The van der Waals surface area contributed by atoms with Crippen molar-refractivity contribution in [1.29, 1.82) is 0 Å². The van der Waals surface area contributed by atoms with Gasteiger partial charge in [-0.25, -0.2) is 0 Å². The average Bonchev–Trinajstić information content (AvgIpc) is 2.15. The molecule has 0 heterocycles. The molecule has 0 fully saturated rings. The van der Waals surface area contributed by atoms with E-state index < -0.39 is 8.24 Å². The Kier molecular flexibility index (Phi) is 13.0. The zero-order valence-electron chi connectivity index (χ0n) is 13.6. The van der Waals surface area contributed by atoms with Crippen molar-refractivity contribution in [3.63, 3.8) is 0 Å². The Balaban J connectivity index is -0.000000980. The fourth-order valence-corrected chi connectivity index (χ4v) is 3.52. The van der Waals surface area contributed by atoms with E-state index in [4.69, 9.17) is 0 Å². The summed E-state index contributed by atoms with van der Waals surface area (Å²) in [6.45, 7) is 14.7. The van der Waals surface area contributed by atoms with Crippen molar-refractivity contribution in [3.8, 4) is 0 Å². The van der Waals surface area contributed by atoms with Crippen LogP contribution in [-0.4, -0.2) is 25.9 Å². The molecule has 0 aliphatic rings. The van der Waals surface area contributed by atoms with Crippen molar-refractivity contribution >= 4 is 8.24 Å². The quantitative estimate of drug-likeness (QED) is 0.435. The van der Waals surface area contributed by atoms with Crippen LogP contribution >= 0.6 is 0 Å². The van der Waals surface area contributed by atoms with Gasteiger partial charge in [0.2, 0.25) is 0 Å². The third-order valence-electron chi connectivity index (χ3n) is 3.01. The molecule has 0 aromatic carbocycles. The van der Waals surface area contributed by atoms with E-state index in [0.29, 0.717) is 0 Å². The van der Waals surface area contributed by atoms with E-state index in [1.165, 1.54) is 51.6 Å². The predicted octanol–water partition coefficient (Wildman–Crippen LogP) is 1.62. The molecule has 0 saturated heterocycles. The van der Waals surface area contributed by atoms with E-state index >= 15 is 0 Å². The van der Waals surface area contributed by atoms with Crippen molar-refractivity contribution in [2.75, 3.05) is 13.1 Å². The van der Waals surface area contributed by atoms with Crippen molar-refractivity contribution in [2.45, 2.75) is 72.0 Å². The Morgan fingerprint density at radius 3 is 1.75 bits per heavy atom. The molecule has 0 aliphatic carbocycles. The average molecular weight is 237 g/mol. The van der Waals surface area contributed by atoms with Gasteiger partial charge in [-0.2, -0.15) is 0 Å². The molecule has 0 amide bonds. The number of hydrogen-bond acceptors (Lipinski definition) is 1. The van der Waals surface area contributed by atoms with Gasteiger partial charge in [0.05, 0.1) is 0 Å². The van der Waals surface area contributed by atoms with Gasteiger partial charge in [0, 0.05) is 0 Å². The first-order valence-electron chi connectivity index (χ1n) is 6.77. The molecule has 0 bridgehead atoms. The van der Waals surface area contributed by atoms with Crippen LogP contribution in [0.4, 0.5) is 0 Å². The first kappa shape index (κ1) is 19.1. The maximum Gasteiger partial charge on any atom is 1.00 e. The molecule has 0 aromatic rings. The summed E-state index contributed by atoms with van der Waals surface area (Å²) in [7, 11) is -1.05. The second-order valence-electron chi connectivity index (χ2n) is 5.57. The normalized spacial score (nSPS) is 11.6. The second kappa shape index (κ2) is 10.9. The van der Waals surface area contributed by atoms with Crippen molar-refractivity contribution in [3.05, 3.63) is 0 Å². The maximum absolute atomic E-state index is 2.78. The van der Waals surface area contributed by atoms with Crippen LogP contribution in [0.15, 0.2) is 0 Å². The summed E-state index contributed by atoms with van der Waals surface area (Å²) in [6.07, 6.45) is 8.29. The van der Waals surface area contributed by atoms with Crippen molar-refractivity contribution < 1.29 is 20.3 Å². The molecule has 0 radical (unpaired) electrons. The van der Waals surface area contributed by atoms with E-state index in [2.05, 4.69) is 38.1 Å². The number of unbranched alkanes of at least 4 members (excludes halogenated alkanes) is 4. The molecular formula is C13H32LiNSi. The minimum Gasteiger partial charge on any atom is -1.00 e.